The number of esters is 4. The fraction of sp³-hybridized carbons (Fsp3) is 0.375. The van der Waals surface area contributed by atoms with E-state index in [0.29, 0.717) is 45.3 Å². The zero-order valence-corrected chi connectivity index (χ0v) is 53.3. The molecule has 0 aliphatic carbocycles. The Labute approximate surface area is 561 Å². The molecule has 9 rings (SSSR count). The van der Waals surface area contributed by atoms with Crippen LogP contribution in [0.5, 0.6) is 23.0 Å². The summed E-state index contributed by atoms with van der Waals surface area (Å²) < 4.78 is 199. The third-order valence-electron chi connectivity index (χ3n) is 13.8. The van der Waals surface area contributed by atoms with Gasteiger partial charge in [0.1, 0.15) is 81.7 Å². The highest BCUT2D eigenvalue weighted by Crippen LogP contribution is 2.43. The molecule has 100 heavy (non-hydrogen) atoms. The standard InChI is InChI=1S/C16H15F3N2O4.3C16H17F3N2O4/c1-23-15(22)14-13(25-14)11-4-2-3-5-12(11)24-8-10-6-7-20-21(10)9-16(17,18)19;3*1-24-15(23)13(22)8-11-4-2-3-5-14(11)25-9-12-6-7-20-21(12)10-16(17,18)19/h2-7,13-14H,8-9H2,1H3;3*2-7,13,22H,8-10H2,1H3/t;2*13-;/m.10./s1. The van der Waals surface area contributed by atoms with Gasteiger partial charge in [0, 0.05) is 49.6 Å². The predicted octanol–water partition coefficient (Wildman–Crippen LogP) is 8.94. The van der Waals surface area contributed by atoms with Gasteiger partial charge in [0.25, 0.3) is 0 Å². The molecule has 542 valence electrons. The number of nitrogens with zero attached hydrogens (tertiary/aromatic N) is 8. The highest BCUT2D eigenvalue weighted by atomic mass is 19.4. The number of carbonyl (C=O) groups excluding carboxylic acids is 4. The number of methoxy groups -OCH3 is 4. The highest BCUT2D eigenvalue weighted by Gasteiger charge is 2.48. The first-order chi connectivity index (χ1) is 47.3. The molecule has 0 bridgehead atoms. The highest BCUT2D eigenvalue weighted by molar-refractivity contribution is 5.78. The molecule has 0 saturated carbocycles. The summed E-state index contributed by atoms with van der Waals surface area (Å²) in [6.07, 6.45) is -17.8. The number of hydrogen-bond acceptors (Lipinski definition) is 20. The van der Waals surface area contributed by atoms with Crippen molar-refractivity contribution in [2.24, 2.45) is 0 Å². The fourth-order valence-corrected chi connectivity index (χ4v) is 9.00. The number of halogens is 12. The van der Waals surface area contributed by atoms with Crippen molar-refractivity contribution in [1.29, 1.82) is 0 Å². The summed E-state index contributed by atoms with van der Waals surface area (Å²) in [5.41, 5.74) is 3.27. The molecule has 5 atom stereocenters. The minimum Gasteiger partial charge on any atom is -0.487 e. The lowest BCUT2D eigenvalue weighted by molar-refractivity contribution is -0.150. The average Bonchev–Trinajstić information content (AvgIpc) is 1.63. The summed E-state index contributed by atoms with van der Waals surface area (Å²) in [6, 6.07) is 32.5. The minimum absolute atomic E-state index is 0.0370. The third kappa shape index (κ3) is 25.9. The number of alkyl halides is 12. The smallest absolute Gasteiger partial charge is 0.408 e. The van der Waals surface area contributed by atoms with Crippen molar-refractivity contribution in [1.82, 2.24) is 39.1 Å². The summed E-state index contributed by atoms with van der Waals surface area (Å²) >= 11 is 0. The number of rotatable bonds is 27. The van der Waals surface area contributed by atoms with Crippen LogP contribution in [0.2, 0.25) is 0 Å². The van der Waals surface area contributed by atoms with Crippen molar-refractivity contribution in [2.75, 3.05) is 28.4 Å². The molecule has 1 fully saturated rings. The largest absolute Gasteiger partial charge is 0.487 e. The molecular weight excluding hydrogens is 1360 g/mol. The van der Waals surface area contributed by atoms with Gasteiger partial charge in [-0.2, -0.15) is 73.1 Å². The van der Waals surface area contributed by atoms with E-state index in [1.165, 1.54) is 56.2 Å². The second kappa shape index (κ2) is 36.6. The number of ether oxygens (including phenoxy) is 9. The van der Waals surface area contributed by atoms with Crippen molar-refractivity contribution in [3.63, 3.8) is 0 Å². The van der Waals surface area contributed by atoms with Crippen molar-refractivity contribution in [2.45, 2.75) is 127 Å². The van der Waals surface area contributed by atoms with E-state index in [4.69, 9.17) is 23.7 Å². The summed E-state index contributed by atoms with van der Waals surface area (Å²) in [5, 5.41) is 43.8. The molecule has 1 saturated heterocycles. The van der Waals surface area contributed by atoms with E-state index < -0.39 is 105 Å². The lowest BCUT2D eigenvalue weighted by Crippen LogP contribution is -2.24. The third-order valence-corrected chi connectivity index (χ3v) is 13.8. The molecule has 8 aromatic rings. The van der Waals surface area contributed by atoms with Gasteiger partial charge in [-0.25, -0.2) is 19.2 Å². The Kier molecular flexibility index (Phi) is 28.8. The maximum atomic E-state index is 12.5. The quantitative estimate of drug-likeness (QED) is 0.0187. The molecule has 0 radical (unpaired) electrons. The second-order valence-electron chi connectivity index (χ2n) is 21.1. The molecule has 36 heteroatoms. The Hall–Kier alpha value is -10.2. The van der Waals surface area contributed by atoms with E-state index >= 15 is 0 Å². The summed E-state index contributed by atoms with van der Waals surface area (Å²) in [4.78, 5) is 45.4. The number of benzene rings is 4. The van der Waals surface area contributed by atoms with Crippen molar-refractivity contribution in [3.05, 3.63) is 191 Å². The number of para-hydroxylation sites is 4. The van der Waals surface area contributed by atoms with Gasteiger partial charge in [0.05, 0.1) is 51.2 Å². The molecule has 3 N–H and O–H groups in total. The maximum absolute atomic E-state index is 12.5. The van der Waals surface area contributed by atoms with Gasteiger partial charge in [-0.15, -0.1) is 0 Å². The van der Waals surface area contributed by atoms with E-state index in [1.807, 2.05) is 0 Å². The number of aliphatic hydroxyl groups excluding tert-OH is 3. The fourth-order valence-electron chi connectivity index (χ4n) is 9.00. The number of carbonyl (C=O) groups is 4. The average molecular weight is 1430 g/mol. The monoisotopic (exact) mass is 1430 g/mol. The zero-order chi connectivity index (χ0) is 73.4. The van der Waals surface area contributed by atoms with E-state index in [9.17, 15) is 87.2 Å². The van der Waals surface area contributed by atoms with Crippen molar-refractivity contribution in [3.8, 4) is 23.0 Å². The van der Waals surface area contributed by atoms with Gasteiger partial charge in [0.2, 0.25) is 0 Å². The Morgan fingerprint density at radius 1 is 0.400 bits per heavy atom. The SMILES string of the molecule is COC(=O)C(O)Cc1ccccc1OCc1ccnn1CC(F)(F)F.COC(=O)C1OC1c1ccccc1OCc1ccnn1CC(F)(F)F.COC(=O)[C@@H](O)Cc1ccccc1OCc1ccnn1CC(F)(F)F.COC(=O)[C@H](O)Cc1ccccc1OCc1ccnn1CC(F)(F)F. The van der Waals surface area contributed by atoms with Gasteiger partial charge in [-0.1, -0.05) is 72.8 Å². The first kappa shape index (κ1) is 78.8. The van der Waals surface area contributed by atoms with E-state index in [-0.39, 0.29) is 68.5 Å². The Bertz CT molecular complexity index is 3580. The van der Waals surface area contributed by atoms with Crippen LogP contribution in [-0.2, 0) is 115 Å². The van der Waals surface area contributed by atoms with E-state index in [2.05, 4.69) is 39.3 Å². The van der Waals surface area contributed by atoms with Crippen LogP contribution >= 0.6 is 0 Å². The van der Waals surface area contributed by atoms with E-state index in [0.717, 1.165) is 40.1 Å². The molecular formula is C64H66F12N8O16. The maximum Gasteiger partial charge on any atom is 0.408 e. The van der Waals surface area contributed by atoms with Crippen molar-refractivity contribution >= 4 is 23.9 Å². The van der Waals surface area contributed by atoms with Crippen LogP contribution in [0.4, 0.5) is 52.7 Å². The van der Waals surface area contributed by atoms with Crippen LogP contribution < -0.4 is 18.9 Å². The first-order valence-corrected chi connectivity index (χ1v) is 29.4. The van der Waals surface area contributed by atoms with Gasteiger partial charge in [0.15, 0.2) is 24.4 Å². The van der Waals surface area contributed by atoms with Gasteiger partial charge in [-0.3, -0.25) is 18.7 Å². The Balaban J connectivity index is 0.000000210. The Morgan fingerprint density at radius 2 is 0.660 bits per heavy atom. The van der Waals surface area contributed by atoms with Crippen LogP contribution in [0.25, 0.3) is 0 Å². The first-order valence-electron chi connectivity index (χ1n) is 29.4. The number of epoxide rings is 1. The Morgan fingerprint density at radius 3 is 0.930 bits per heavy atom. The van der Waals surface area contributed by atoms with Gasteiger partial charge < -0.3 is 58.0 Å². The van der Waals surface area contributed by atoms with Crippen LogP contribution in [0, 0.1) is 0 Å². The van der Waals surface area contributed by atoms with Crippen LogP contribution in [0.1, 0.15) is 51.1 Å². The summed E-state index contributed by atoms with van der Waals surface area (Å²) in [6.45, 7) is -5.31. The van der Waals surface area contributed by atoms with Crippen LogP contribution in [0.3, 0.4) is 0 Å². The molecule has 24 nitrogen and oxygen atoms in total. The zero-order valence-electron chi connectivity index (χ0n) is 53.3. The van der Waals surface area contributed by atoms with Crippen LogP contribution in [0.15, 0.2) is 146 Å². The number of hydrogen-bond donors (Lipinski definition) is 3. The molecule has 0 amide bonds. The summed E-state index contributed by atoms with van der Waals surface area (Å²) in [7, 11) is 4.76. The van der Waals surface area contributed by atoms with Gasteiger partial charge >= 0.3 is 48.6 Å². The molecule has 5 heterocycles. The summed E-state index contributed by atoms with van der Waals surface area (Å²) in [5.74, 6) is -1.34. The van der Waals surface area contributed by atoms with Gasteiger partial charge in [-0.05, 0) is 65.2 Å². The molecule has 3 unspecified atom stereocenters. The normalized spacial score (nSPS) is 14.4. The number of aromatic nitrogens is 8. The minimum atomic E-state index is -4.39. The van der Waals surface area contributed by atoms with Crippen LogP contribution in [-0.4, -0.2) is 156 Å². The second-order valence-corrected chi connectivity index (χ2v) is 21.1. The molecule has 4 aromatic heterocycles. The van der Waals surface area contributed by atoms with Crippen molar-refractivity contribution < 1.29 is 130 Å². The molecule has 1 aliphatic heterocycles. The molecule has 0 spiro atoms. The molecule has 4 aromatic carbocycles. The topological polar surface area (TPSA) is 287 Å². The lowest BCUT2D eigenvalue weighted by atomic mass is 10.1. The number of aliphatic hydroxyl groups is 3. The molecule has 1 aliphatic rings. The predicted molar refractivity (Wildman–Crippen MR) is 321 cm³/mol. The van der Waals surface area contributed by atoms with E-state index in [1.54, 1.807) is 97.1 Å². The lowest BCUT2D eigenvalue weighted by Gasteiger charge is -2.15.